The molecule has 1 amide bonds. The number of ether oxygens (including phenoxy) is 1. The molecule has 0 saturated heterocycles. The molecule has 0 bridgehead atoms. The number of benzene rings is 1. The van der Waals surface area contributed by atoms with E-state index in [2.05, 4.69) is 10.6 Å². The van der Waals surface area contributed by atoms with Crippen molar-refractivity contribution in [3.8, 4) is 5.75 Å². The molecule has 2 N–H and O–H groups in total. The molecule has 0 spiro atoms. The van der Waals surface area contributed by atoms with Crippen molar-refractivity contribution in [3.05, 3.63) is 23.8 Å². The van der Waals surface area contributed by atoms with Crippen LogP contribution in [0, 0.1) is 6.92 Å². The third kappa shape index (κ3) is 3.25. The van der Waals surface area contributed by atoms with Crippen molar-refractivity contribution >= 4 is 11.6 Å². The molecule has 15 heavy (non-hydrogen) atoms. The summed E-state index contributed by atoms with van der Waals surface area (Å²) in [5.41, 5.74) is 1.79. The van der Waals surface area contributed by atoms with E-state index in [0.717, 1.165) is 5.56 Å². The number of carbonyl (C=O) groups is 1. The molecule has 0 aromatic heterocycles. The van der Waals surface area contributed by atoms with Gasteiger partial charge in [-0.25, -0.2) is 0 Å². The Bertz CT molecular complexity index is 350. The lowest BCUT2D eigenvalue weighted by atomic mass is 10.2. The number of amides is 1. The number of anilines is 1. The lowest BCUT2D eigenvalue weighted by molar-refractivity contribution is -0.115. The van der Waals surface area contributed by atoms with Gasteiger partial charge in [-0.05, 0) is 31.7 Å². The van der Waals surface area contributed by atoms with Crippen LogP contribution < -0.4 is 15.4 Å². The van der Waals surface area contributed by atoms with Crippen LogP contribution in [0.4, 0.5) is 5.69 Å². The molecule has 1 aromatic rings. The van der Waals surface area contributed by atoms with Gasteiger partial charge in [-0.15, -0.1) is 0 Å². The van der Waals surface area contributed by atoms with E-state index >= 15 is 0 Å². The number of nitrogens with one attached hydrogen (secondary N) is 2. The third-order valence-electron chi connectivity index (χ3n) is 1.97. The van der Waals surface area contributed by atoms with Gasteiger partial charge >= 0.3 is 0 Å². The maximum atomic E-state index is 11.4. The van der Waals surface area contributed by atoms with Gasteiger partial charge in [0.05, 0.1) is 19.3 Å². The molecule has 0 fully saturated rings. The fourth-order valence-electron chi connectivity index (χ4n) is 1.27. The van der Waals surface area contributed by atoms with Gasteiger partial charge in [0.25, 0.3) is 0 Å². The molecule has 0 aliphatic carbocycles. The summed E-state index contributed by atoms with van der Waals surface area (Å²) in [5, 5.41) is 5.56. The van der Waals surface area contributed by atoms with Crippen LogP contribution in [0.2, 0.25) is 0 Å². The van der Waals surface area contributed by atoms with E-state index in [1.165, 1.54) is 0 Å². The highest BCUT2D eigenvalue weighted by Gasteiger charge is 2.06. The van der Waals surface area contributed by atoms with E-state index in [1.54, 1.807) is 14.2 Å². The van der Waals surface area contributed by atoms with E-state index < -0.39 is 0 Å². The predicted molar refractivity (Wildman–Crippen MR) is 60.3 cm³/mol. The highest BCUT2D eigenvalue weighted by Crippen LogP contribution is 2.24. The first-order valence-corrected chi connectivity index (χ1v) is 4.76. The van der Waals surface area contributed by atoms with Gasteiger partial charge in [0.2, 0.25) is 5.91 Å². The second kappa shape index (κ2) is 5.36. The van der Waals surface area contributed by atoms with Crippen molar-refractivity contribution in [3.63, 3.8) is 0 Å². The topological polar surface area (TPSA) is 50.4 Å². The molecule has 0 heterocycles. The molecule has 4 heteroatoms. The summed E-state index contributed by atoms with van der Waals surface area (Å²) in [6, 6.07) is 5.66. The number of rotatable bonds is 4. The Morgan fingerprint density at radius 1 is 1.47 bits per heavy atom. The molecule has 4 nitrogen and oxygen atoms in total. The molecular weight excluding hydrogens is 192 g/mol. The van der Waals surface area contributed by atoms with Crippen LogP contribution in [0.15, 0.2) is 18.2 Å². The van der Waals surface area contributed by atoms with Crippen LogP contribution in [0.5, 0.6) is 5.75 Å². The lowest BCUT2D eigenvalue weighted by Crippen LogP contribution is -2.25. The van der Waals surface area contributed by atoms with Crippen LogP contribution in [0.25, 0.3) is 0 Å². The highest BCUT2D eigenvalue weighted by atomic mass is 16.5. The van der Waals surface area contributed by atoms with Gasteiger partial charge in [-0.1, -0.05) is 6.07 Å². The highest BCUT2D eigenvalue weighted by molar-refractivity contribution is 5.93. The Labute approximate surface area is 89.6 Å². The molecule has 0 radical (unpaired) electrons. The summed E-state index contributed by atoms with van der Waals surface area (Å²) < 4.78 is 5.14. The molecular formula is C11H16N2O2. The molecule has 82 valence electrons. The standard InChI is InChI=1S/C11H16N2O2/c1-8-4-5-10(15-3)9(6-8)13-11(14)7-12-2/h4-6,12H,7H2,1-3H3,(H,13,14). The number of aryl methyl sites for hydroxylation is 1. The lowest BCUT2D eigenvalue weighted by Gasteiger charge is -2.10. The van der Waals surface area contributed by atoms with E-state index in [9.17, 15) is 4.79 Å². The van der Waals surface area contributed by atoms with E-state index in [-0.39, 0.29) is 12.5 Å². The van der Waals surface area contributed by atoms with Crippen LogP contribution in [-0.4, -0.2) is 26.6 Å². The molecule has 0 saturated carbocycles. The zero-order chi connectivity index (χ0) is 11.3. The van der Waals surface area contributed by atoms with Crippen LogP contribution >= 0.6 is 0 Å². The maximum absolute atomic E-state index is 11.4. The smallest absolute Gasteiger partial charge is 0.238 e. The van der Waals surface area contributed by atoms with Gasteiger partial charge in [0.15, 0.2) is 0 Å². The molecule has 0 unspecified atom stereocenters. The average Bonchev–Trinajstić information content (AvgIpc) is 2.18. The second-order valence-electron chi connectivity index (χ2n) is 3.28. The maximum Gasteiger partial charge on any atom is 0.238 e. The molecule has 0 atom stereocenters. The van der Waals surface area contributed by atoms with E-state index in [0.29, 0.717) is 11.4 Å². The van der Waals surface area contributed by atoms with Gasteiger partial charge in [-0.3, -0.25) is 4.79 Å². The molecule has 1 aromatic carbocycles. The van der Waals surface area contributed by atoms with Gasteiger partial charge < -0.3 is 15.4 Å². The quantitative estimate of drug-likeness (QED) is 0.780. The summed E-state index contributed by atoms with van der Waals surface area (Å²) in [6.07, 6.45) is 0. The van der Waals surface area contributed by atoms with Crippen LogP contribution in [0.3, 0.4) is 0 Å². The Balaban J connectivity index is 2.82. The molecule has 1 rings (SSSR count). The first kappa shape index (κ1) is 11.5. The second-order valence-corrected chi connectivity index (χ2v) is 3.28. The van der Waals surface area contributed by atoms with Crippen LogP contribution in [0.1, 0.15) is 5.56 Å². The number of hydrogen-bond acceptors (Lipinski definition) is 3. The Hall–Kier alpha value is -1.55. The van der Waals surface area contributed by atoms with Crippen molar-refractivity contribution < 1.29 is 9.53 Å². The van der Waals surface area contributed by atoms with Gasteiger partial charge in [0.1, 0.15) is 5.75 Å². The summed E-state index contributed by atoms with van der Waals surface area (Å²) in [4.78, 5) is 11.4. The SMILES string of the molecule is CNCC(=O)Nc1cc(C)ccc1OC. The number of carbonyl (C=O) groups excluding carboxylic acids is 1. The first-order valence-electron chi connectivity index (χ1n) is 4.76. The zero-order valence-corrected chi connectivity index (χ0v) is 9.26. The van der Waals surface area contributed by atoms with Crippen LogP contribution in [-0.2, 0) is 4.79 Å². The average molecular weight is 208 g/mol. The summed E-state index contributed by atoms with van der Waals surface area (Å²) >= 11 is 0. The number of likely N-dealkylation sites (N-methyl/N-ethyl adjacent to an activating group) is 1. The Kier molecular flexibility index (Phi) is 4.12. The fourth-order valence-corrected chi connectivity index (χ4v) is 1.27. The predicted octanol–water partition coefficient (Wildman–Crippen LogP) is 1.16. The van der Waals surface area contributed by atoms with E-state index in [1.807, 2.05) is 25.1 Å². The number of methoxy groups -OCH3 is 1. The minimum atomic E-state index is -0.0820. The zero-order valence-electron chi connectivity index (χ0n) is 9.26. The minimum absolute atomic E-state index is 0.0820. The van der Waals surface area contributed by atoms with Gasteiger partial charge in [0, 0.05) is 0 Å². The fraction of sp³-hybridized carbons (Fsp3) is 0.364. The van der Waals surface area contributed by atoms with Crippen molar-refractivity contribution in [1.82, 2.24) is 5.32 Å². The normalized spacial score (nSPS) is 9.80. The monoisotopic (exact) mass is 208 g/mol. The van der Waals surface area contributed by atoms with E-state index in [4.69, 9.17) is 4.74 Å². The van der Waals surface area contributed by atoms with Gasteiger partial charge in [-0.2, -0.15) is 0 Å². The Morgan fingerprint density at radius 3 is 2.80 bits per heavy atom. The van der Waals surface area contributed by atoms with Crippen molar-refractivity contribution in [1.29, 1.82) is 0 Å². The van der Waals surface area contributed by atoms with Crippen molar-refractivity contribution in [2.45, 2.75) is 6.92 Å². The minimum Gasteiger partial charge on any atom is -0.495 e. The molecule has 0 aliphatic rings. The van der Waals surface area contributed by atoms with Crippen molar-refractivity contribution in [2.75, 3.05) is 26.0 Å². The summed E-state index contributed by atoms with van der Waals surface area (Å²) in [5.74, 6) is 0.589. The first-order chi connectivity index (χ1) is 7.17. The van der Waals surface area contributed by atoms with Crippen molar-refractivity contribution in [2.24, 2.45) is 0 Å². The molecule has 0 aliphatic heterocycles. The largest absolute Gasteiger partial charge is 0.495 e. The summed E-state index contributed by atoms with van der Waals surface area (Å²) in [6.45, 7) is 2.25. The number of hydrogen-bond donors (Lipinski definition) is 2. The summed E-state index contributed by atoms with van der Waals surface area (Å²) in [7, 11) is 3.31. The Morgan fingerprint density at radius 2 is 2.20 bits per heavy atom. The third-order valence-corrected chi connectivity index (χ3v) is 1.97.